The van der Waals surface area contributed by atoms with Gasteiger partial charge in [-0.05, 0) is 36.4 Å². The van der Waals surface area contributed by atoms with Crippen molar-refractivity contribution in [1.29, 1.82) is 0 Å². The van der Waals surface area contributed by atoms with Crippen molar-refractivity contribution in [3.8, 4) is 5.75 Å². The topological polar surface area (TPSA) is 88.4 Å². The Kier molecular flexibility index (Phi) is 8.25. The van der Waals surface area contributed by atoms with E-state index in [1.807, 2.05) is 24.3 Å². The van der Waals surface area contributed by atoms with E-state index in [9.17, 15) is 14.9 Å². The van der Waals surface area contributed by atoms with Gasteiger partial charge in [0.25, 0.3) is 11.6 Å². The van der Waals surface area contributed by atoms with Crippen molar-refractivity contribution >= 4 is 29.0 Å². The second kappa shape index (κ2) is 11.5. The molecule has 0 aliphatic carbocycles. The Labute approximate surface area is 203 Å². The average Bonchev–Trinajstić information content (AvgIpc) is 2.89. The molecule has 4 rings (SSSR count). The molecule has 0 N–H and O–H groups in total. The number of hydrogen-bond acceptors (Lipinski definition) is 8. The number of benzene rings is 2. The number of carbonyl (C=O) groups is 1. The summed E-state index contributed by atoms with van der Waals surface area (Å²) in [5.41, 5.74) is 1.44. The highest BCUT2D eigenvalue weighted by molar-refractivity contribution is 7.99. The van der Waals surface area contributed by atoms with Crippen LogP contribution in [0.3, 0.4) is 0 Å². The van der Waals surface area contributed by atoms with Crippen LogP contribution in [-0.2, 0) is 4.74 Å². The van der Waals surface area contributed by atoms with E-state index in [1.165, 1.54) is 17.8 Å². The second-order valence-corrected chi connectivity index (χ2v) is 9.36. The minimum absolute atomic E-state index is 0.00491. The fourth-order valence-corrected chi connectivity index (χ4v) is 5.18. The predicted octanol–water partition coefficient (Wildman–Crippen LogP) is 2.99. The molecule has 34 heavy (non-hydrogen) atoms. The molecule has 0 saturated carbocycles. The minimum atomic E-state index is -0.393. The van der Waals surface area contributed by atoms with Crippen LogP contribution in [0.1, 0.15) is 10.4 Å². The van der Waals surface area contributed by atoms with Crippen LogP contribution in [0.25, 0.3) is 0 Å². The Morgan fingerprint density at radius 2 is 1.76 bits per heavy atom. The molecule has 2 heterocycles. The van der Waals surface area contributed by atoms with E-state index in [-0.39, 0.29) is 11.6 Å². The summed E-state index contributed by atoms with van der Waals surface area (Å²) in [5, 5.41) is 11.7. The molecule has 9 nitrogen and oxygen atoms in total. The zero-order chi connectivity index (χ0) is 23.9. The van der Waals surface area contributed by atoms with Crippen LogP contribution in [0, 0.1) is 10.1 Å². The summed E-state index contributed by atoms with van der Waals surface area (Å²) in [7, 11) is 1.64. The quantitative estimate of drug-likeness (QED) is 0.320. The van der Waals surface area contributed by atoms with Crippen molar-refractivity contribution in [3.05, 3.63) is 58.1 Å². The maximum absolute atomic E-state index is 13.1. The molecule has 0 unspecified atom stereocenters. The molecule has 0 radical (unpaired) electrons. The summed E-state index contributed by atoms with van der Waals surface area (Å²) < 4.78 is 10.6. The summed E-state index contributed by atoms with van der Waals surface area (Å²) in [6.45, 7) is 6.63. The predicted molar refractivity (Wildman–Crippen MR) is 132 cm³/mol. The lowest BCUT2D eigenvalue weighted by Crippen LogP contribution is -2.48. The van der Waals surface area contributed by atoms with Crippen molar-refractivity contribution in [2.24, 2.45) is 0 Å². The molecule has 2 aromatic carbocycles. The molecule has 2 aliphatic heterocycles. The standard InChI is InChI=1S/C24H30N4O5S/c1-32-21-5-3-20(4-6-21)26-8-10-27(11-9-26)24(29)19-2-7-23(22(18-19)28(30)31)34-17-14-25-12-15-33-16-13-25/h2-7,18H,8-17H2,1H3. The van der Waals surface area contributed by atoms with Crippen LogP contribution >= 0.6 is 11.8 Å². The molecule has 0 spiro atoms. The average molecular weight is 487 g/mol. The van der Waals surface area contributed by atoms with Crippen molar-refractivity contribution in [2.75, 3.05) is 76.8 Å². The van der Waals surface area contributed by atoms with Gasteiger partial charge in [-0.1, -0.05) is 0 Å². The highest BCUT2D eigenvalue weighted by atomic mass is 32.2. The molecule has 0 bridgehead atoms. The monoisotopic (exact) mass is 486 g/mol. The Balaban J connectivity index is 1.35. The number of piperazine rings is 1. The lowest BCUT2D eigenvalue weighted by molar-refractivity contribution is -0.387. The van der Waals surface area contributed by atoms with Gasteiger partial charge in [-0.3, -0.25) is 19.8 Å². The Morgan fingerprint density at radius 3 is 2.41 bits per heavy atom. The number of amides is 1. The van der Waals surface area contributed by atoms with Gasteiger partial charge in [0.2, 0.25) is 0 Å². The fourth-order valence-electron chi connectivity index (χ4n) is 4.17. The Morgan fingerprint density at radius 1 is 1.06 bits per heavy atom. The van der Waals surface area contributed by atoms with Crippen molar-refractivity contribution in [2.45, 2.75) is 4.90 Å². The SMILES string of the molecule is COc1ccc(N2CCN(C(=O)c3ccc(SCCN4CCOCC4)c([N+](=O)[O-])c3)CC2)cc1. The lowest BCUT2D eigenvalue weighted by atomic mass is 10.1. The molecule has 0 aromatic heterocycles. The number of nitro groups is 1. The van der Waals surface area contributed by atoms with E-state index in [0.29, 0.717) is 36.6 Å². The highest BCUT2D eigenvalue weighted by Crippen LogP contribution is 2.31. The van der Waals surface area contributed by atoms with E-state index >= 15 is 0 Å². The van der Waals surface area contributed by atoms with Gasteiger partial charge < -0.3 is 19.3 Å². The highest BCUT2D eigenvalue weighted by Gasteiger charge is 2.25. The van der Waals surface area contributed by atoms with Crippen molar-refractivity contribution in [3.63, 3.8) is 0 Å². The summed E-state index contributed by atoms with van der Waals surface area (Å²) in [5.74, 6) is 1.39. The number of rotatable bonds is 8. The zero-order valence-electron chi connectivity index (χ0n) is 19.4. The number of thioether (sulfide) groups is 1. The molecular weight excluding hydrogens is 456 g/mol. The smallest absolute Gasteiger partial charge is 0.283 e. The summed E-state index contributed by atoms with van der Waals surface area (Å²) in [6.07, 6.45) is 0. The van der Waals surface area contributed by atoms with E-state index in [4.69, 9.17) is 9.47 Å². The molecule has 2 aromatic rings. The second-order valence-electron chi connectivity index (χ2n) is 8.22. The van der Waals surface area contributed by atoms with Crippen LogP contribution in [0.4, 0.5) is 11.4 Å². The number of anilines is 1. The first kappa shape index (κ1) is 24.3. The molecule has 1 amide bonds. The molecular formula is C24H30N4O5S. The van der Waals surface area contributed by atoms with Crippen LogP contribution < -0.4 is 9.64 Å². The largest absolute Gasteiger partial charge is 0.497 e. The molecule has 2 fully saturated rings. The maximum atomic E-state index is 13.1. The fraction of sp³-hybridized carbons (Fsp3) is 0.458. The maximum Gasteiger partial charge on any atom is 0.283 e. The third kappa shape index (κ3) is 5.99. The number of methoxy groups -OCH3 is 1. The van der Waals surface area contributed by atoms with Gasteiger partial charge in [-0.25, -0.2) is 0 Å². The number of nitrogens with zero attached hydrogens (tertiary/aromatic N) is 4. The van der Waals surface area contributed by atoms with Gasteiger partial charge in [0.1, 0.15) is 5.75 Å². The molecule has 10 heteroatoms. The molecule has 0 atom stereocenters. The van der Waals surface area contributed by atoms with E-state index in [2.05, 4.69) is 9.80 Å². The van der Waals surface area contributed by atoms with Crippen molar-refractivity contribution in [1.82, 2.24) is 9.80 Å². The summed E-state index contributed by atoms with van der Waals surface area (Å²) in [4.78, 5) is 31.3. The van der Waals surface area contributed by atoms with Gasteiger partial charge in [0, 0.05) is 68.9 Å². The number of nitro benzene ring substituents is 1. The van der Waals surface area contributed by atoms with Crippen molar-refractivity contribution < 1.29 is 19.2 Å². The summed E-state index contributed by atoms with van der Waals surface area (Å²) >= 11 is 1.46. The number of morpholine rings is 1. The number of ether oxygens (including phenoxy) is 2. The summed E-state index contributed by atoms with van der Waals surface area (Å²) in [6, 6.07) is 12.7. The molecule has 182 valence electrons. The van der Waals surface area contributed by atoms with E-state index < -0.39 is 4.92 Å². The van der Waals surface area contributed by atoms with Gasteiger partial charge in [-0.2, -0.15) is 0 Å². The van der Waals surface area contributed by atoms with E-state index in [1.54, 1.807) is 24.1 Å². The van der Waals surface area contributed by atoms with Gasteiger partial charge in [0.05, 0.1) is 30.1 Å². The minimum Gasteiger partial charge on any atom is -0.497 e. The van der Waals surface area contributed by atoms with Gasteiger partial charge in [-0.15, -0.1) is 11.8 Å². The molecule has 2 saturated heterocycles. The van der Waals surface area contributed by atoms with E-state index in [0.717, 1.165) is 50.0 Å². The third-order valence-electron chi connectivity index (χ3n) is 6.18. The van der Waals surface area contributed by atoms with Crippen LogP contribution in [0.15, 0.2) is 47.4 Å². The van der Waals surface area contributed by atoms with Crippen LogP contribution in [0.5, 0.6) is 5.75 Å². The van der Waals surface area contributed by atoms with Gasteiger partial charge in [0.15, 0.2) is 0 Å². The van der Waals surface area contributed by atoms with Crippen LogP contribution in [0.2, 0.25) is 0 Å². The third-order valence-corrected chi connectivity index (χ3v) is 7.22. The van der Waals surface area contributed by atoms with Crippen LogP contribution in [-0.4, -0.2) is 92.5 Å². The Hall–Kier alpha value is -2.82. The first-order valence-electron chi connectivity index (χ1n) is 11.4. The first-order chi connectivity index (χ1) is 16.5. The zero-order valence-corrected chi connectivity index (χ0v) is 20.2. The number of carbonyl (C=O) groups excluding carboxylic acids is 1. The Bertz CT molecular complexity index is 989. The normalized spacial score (nSPS) is 17.0. The lowest BCUT2D eigenvalue weighted by Gasteiger charge is -2.36. The molecule has 2 aliphatic rings. The number of hydrogen-bond donors (Lipinski definition) is 0. The first-order valence-corrected chi connectivity index (χ1v) is 12.4. The van der Waals surface area contributed by atoms with Gasteiger partial charge >= 0.3 is 0 Å².